The average Bonchev–Trinajstić information content (AvgIpc) is 2.90. The summed E-state index contributed by atoms with van der Waals surface area (Å²) in [6, 6.07) is 0.402. The Morgan fingerprint density at radius 2 is 1.62 bits per heavy atom. The molecule has 0 aromatic carbocycles. The van der Waals surface area contributed by atoms with Crippen LogP contribution in [-0.2, 0) is 7.05 Å². The van der Waals surface area contributed by atoms with Gasteiger partial charge in [0, 0.05) is 7.05 Å². The van der Waals surface area contributed by atoms with Crippen LogP contribution in [0.3, 0.4) is 0 Å². The van der Waals surface area contributed by atoms with E-state index in [1.807, 2.05) is 17.9 Å². The van der Waals surface area contributed by atoms with Crippen molar-refractivity contribution in [2.24, 2.45) is 7.05 Å². The standard InChI is InChI=1S/C17H34N4/c1-4-6-7-8-9-10-11-12-13-14-16(18-5-2)17-15-19-20-21(17)3/h15-16,18H,4-14H2,1-3H3. The second-order valence-electron chi connectivity index (χ2n) is 6.01. The van der Waals surface area contributed by atoms with Crippen LogP contribution in [0.2, 0.25) is 0 Å². The summed E-state index contributed by atoms with van der Waals surface area (Å²) < 4.78 is 1.89. The molecule has 0 saturated carbocycles. The minimum absolute atomic E-state index is 0.402. The second-order valence-corrected chi connectivity index (χ2v) is 6.01. The van der Waals surface area contributed by atoms with Crippen molar-refractivity contribution in [3.8, 4) is 0 Å². The fraction of sp³-hybridized carbons (Fsp3) is 0.882. The molecule has 4 heteroatoms. The van der Waals surface area contributed by atoms with Crippen molar-refractivity contribution in [3.63, 3.8) is 0 Å². The fourth-order valence-electron chi connectivity index (χ4n) is 2.87. The maximum atomic E-state index is 4.04. The van der Waals surface area contributed by atoms with Gasteiger partial charge in [0.2, 0.25) is 0 Å². The van der Waals surface area contributed by atoms with Crippen LogP contribution in [0.1, 0.15) is 89.8 Å². The molecule has 1 N–H and O–H groups in total. The van der Waals surface area contributed by atoms with Crippen LogP contribution >= 0.6 is 0 Å². The lowest BCUT2D eigenvalue weighted by molar-refractivity contribution is 0.450. The summed E-state index contributed by atoms with van der Waals surface area (Å²) in [5, 5.41) is 11.6. The molecule has 0 radical (unpaired) electrons. The smallest absolute Gasteiger partial charge is 0.0753 e. The molecule has 4 nitrogen and oxygen atoms in total. The minimum atomic E-state index is 0.402. The molecular weight excluding hydrogens is 260 g/mol. The molecule has 0 bridgehead atoms. The molecule has 1 atom stereocenters. The van der Waals surface area contributed by atoms with E-state index in [9.17, 15) is 0 Å². The molecule has 0 amide bonds. The van der Waals surface area contributed by atoms with Crippen molar-refractivity contribution < 1.29 is 0 Å². The third-order valence-corrected chi connectivity index (χ3v) is 4.15. The van der Waals surface area contributed by atoms with Crippen molar-refractivity contribution in [3.05, 3.63) is 11.9 Å². The summed E-state index contributed by atoms with van der Waals surface area (Å²) in [5.74, 6) is 0. The molecule has 0 aliphatic rings. The lowest BCUT2D eigenvalue weighted by atomic mass is 10.0. The zero-order chi connectivity index (χ0) is 15.3. The van der Waals surface area contributed by atoms with Crippen LogP contribution in [0.4, 0.5) is 0 Å². The van der Waals surface area contributed by atoms with Gasteiger partial charge in [-0.05, 0) is 13.0 Å². The van der Waals surface area contributed by atoms with Crippen LogP contribution < -0.4 is 5.32 Å². The van der Waals surface area contributed by atoms with Crippen molar-refractivity contribution >= 4 is 0 Å². The van der Waals surface area contributed by atoms with Gasteiger partial charge in [0.05, 0.1) is 17.9 Å². The van der Waals surface area contributed by atoms with Gasteiger partial charge in [-0.2, -0.15) is 0 Å². The molecular formula is C17H34N4. The van der Waals surface area contributed by atoms with E-state index < -0.39 is 0 Å². The van der Waals surface area contributed by atoms with Crippen molar-refractivity contribution in [1.82, 2.24) is 20.3 Å². The number of unbranched alkanes of at least 4 members (excludes halogenated alkanes) is 8. The Bertz CT molecular complexity index is 348. The van der Waals surface area contributed by atoms with E-state index >= 15 is 0 Å². The predicted molar refractivity (Wildman–Crippen MR) is 89.3 cm³/mol. The van der Waals surface area contributed by atoms with E-state index in [0.29, 0.717) is 6.04 Å². The van der Waals surface area contributed by atoms with Crippen molar-refractivity contribution in [2.75, 3.05) is 6.54 Å². The van der Waals surface area contributed by atoms with Crippen molar-refractivity contribution in [1.29, 1.82) is 0 Å². The largest absolute Gasteiger partial charge is 0.309 e. The average molecular weight is 294 g/mol. The highest BCUT2D eigenvalue weighted by molar-refractivity contribution is 5.01. The molecule has 1 unspecified atom stereocenters. The normalized spacial score (nSPS) is 12.7. The number of aryl methyl sites for hydroxylation is 1. The van der Waals surface area contributed by atoms with Gasteiger partial charge in [0.25, 0.3) is 0 Å². The maximum Gasteiger partial charge on any atom is 0.0753 e. The van der Waals surface area contributed by atoms with Gasteiger partial charge < -0.3 is 5.32 Å². The van der Waals surface area contributed by atoms with Gasteiger partial charge in [-0.3, -0.25) is 4.68 Å². The molecule has 0 aliphatic carbocycles. The highest BCUT2D eigenvalue weighted by Gasteiger charge is 2.13. The molecule has 1 aromatic heterocycles. The first-order valence-corrected chi connectivity index (χ1v) is 8.87. The fourth-order valence-corrected chi connectivity index (χ4v) is 2.87. The SMILES string of the molecule is CCCCCCCCCCCC(NCC)c1cnnn1C. The Morgan fingerprint density at radius 3 is 2.14 bits per heavy atom. The van der Waals surface area contributed by atoms with E-state index in [2.05, 4.69) is 29.5 Å². The zero-order valence-electron chi connectivity index (χ0n) is 14.3. The topological polar surface area (TPSA) is 42.7 Å². The third-order valence-electron chi connectivity index (χ3n) is 4.15. The molecule has 0 saturated heterocycles. The molecule has 1 aromatic rings. The third kappa shape index (κ3) is 7.60. The van der Waals surface area contributed by atoms with Gasteiger partial charge in [-0.1, -0.05) is 76.8 Å². The van der Waals surface area contributed by atoms with E-state index in [1.54, 1.807) is 0 Å². The summed E-state index contributed by atoms with van der Waals surface area (Å²) in [5.41, 5.74) is 1.21. The van der Waals surface area contributed by atoms with Gasteiger partial charge in [0.15, 0.2) is 0 Å². The molecule has 21 heavy (non-hydrogen) atoms. The quantitative estimate of drug-likeness (QED) is 0.549. The minimum Gasteiger partial charge on any atom is -0.309 e. The predicted octanol–water partition coefficient (Wildman–Crippen LogP) is 4.39. The molecule has 1 rings (SSSR count). The van der Waals surface area contributed by atoms with E-state index in [1.165, 1.54) is 69.9 Å². The second kappa shape index (κ2) is 11.7. The molecule has 0 fully saturated rings. The van der Waals surface area contributed by atoms with Gasteiger partial charge >= 0.3 is 0 Å². The summed E-state index contributed by atoms with van der Waals surface area (Å²) in [6.45, 7) is 5.43. The number of hydrogen-bond acceptors (Lipinski definition) is 3. The van der Waals surface area contributed by atoms with Gasteiger partial charge in [-0.15, -0.1) is 5.10 Å². The first-order valence-electron chi connectivity index (χ1n) is 8.87. The zero-order valence-corrected chi connectivity index (χ0v) is 14.3. The summed E-state index contributed by atoms with van der Waals surface area (Å²) >= 11 is 0. The number of hydrogen-bond donors (Lipinski definition) is 1. The lowest BCUT2D eigenvalue weighted by Crippen LogP contribution is -2.23. The highest BCUT2D eigenvalue weighted by Crippen LogP contribution is 2.19. The van der Waals surface area contributed by atoms with E-state index in [-0.39, 0.29) is 0 Å². The highest BCUT2D eigenvalue weighted by atomic mass is 15.4. The van der Waals surface area contributed by atoms with Crippen LogP contribution in [-0.4, -0.2) is 21.5 Å². The van der Waals surface area contributed by atoms with Crippen LogP contribution in [0.15, 0.2) is 6.20 Å². The number of aromatic nitrogens is 3. The molecule has 122 valence electrons. The van der Waals surface area contributed by atoms with E-state index in [4.69, 9.17) is 0 Å². The molecule has 0 spiro atoms. The Hall–Kier alpha value is -0.900. The molecule has 0 aliphatic heterocycles. The Balaban J connectivity index is 2.10. The molecule has 1 heterocycles. The first-order chi connectivity index (χ1) is 10.3. The van der Waals surface area contributed by atoms with Crippen LogP contribution in [0.25, 0.3) is 0 Å². The number of rotatable bonds is 13. The Labute approximate surface area is 130 Å². The number of nitrogens with one attached hydrogen (secondary N) is 1. The van der Waals surface area contributed by atoms with Gasteiger partial charge in [0.1, 0.15) is 0 Å². The van der Waals surface area contributed by atoms with Gasteiger partial charge in [-0.25, -0.2) is 0 Å². The summed E-state index contributed by atoms with van der Waals surface area (Å²) in [4.78, 5) is 0. The van der Waals surface area contributed by atoms with E-state index in [0.717, 1.165) is 6.54 Å². The monoisotopic (exact) mass is 294 g/mol. The van der Waals surface area contributed by atoms with Crippen LogP contribution in [0.5, 0.6) is 0 Å². The van der Waals surface area contributed by atoms with Crippen LogP contribution in [0, 0.1) is 0 Å². The number of nitrogens with zero attached hydrogens (tertiary/aromatic N) is 3. The maximum absolute atomic E-state index is 4.04. The first kappa shape index (κ1) is 18.1. The summed E-state index contributed by atoms with van der Waals surface area (Å²) in [6.07, 6.45) is 15.5. The van der Waals surface area contributed by atoms with Crippen molar-refractivity contribution in [2.45, 2.75) is 84.1 Å². The summed E-state index contributed by atoms with van der Waals surface area (Å²) in [7, 11) is 1.98. The Kier molecular flexibility index (Phi) is 10.1. The lowest BCUT2D eigenvalue weighted by Gasteiger charge is -2.17. The Morgan fingerprint density at radius 1 is 1.00 bits per heavy atom.